The molecule has 1 fully saturated rings. The third-order valence-corrected chi connectivity index (χ3v) is 5.59. The lowest BCUT2D eigenvalue weighted by Crippen LogP contribution is -2.22. The molecule has 1 aromatic carbocycles. The van der Waals surface area contributed by atoms with Crippen LogP contribution < -0.4 is 17.0 Å². The molecule has 0 amide bonds. The fourth-order valence-electron chi connectivity index (χ4n) is 3.52. The second-order valence-electron chi connectivity index (χ2n) is 7.47. The van der Waals surface area contributed by atoms with E-state index in [2.05, 4.69) is 33.2 Å². The minimum Gasteiger partial charge on any atom is -0.420 e. The minimum atomic E-state index is 0.0763. The van der Waals surface area contributed by atoms with E-state index < -0.39 is 0 Å². The van der Waals surface area contributed by atoms with Crippen molar-refractivity contribution in [2.75, 3.05) is 11.5 Å². The van der Waals surface area contributed by atoms with Crippen LogP contribution in [0.3, 0.4) is 0 Å². The van der Waals surface area contributed by atoms with E-state index >= 15 is 0 Å². The maximum absolute atomic E-state index is 12.5. The molecule has 4 N–H and O–H groups in total. The van der Waals surface area contributed by atoms with Crippen molar-refractivity contribution >= 4 is 34.0 Å². The Bertz CT molecular complexity index is 1310. The number of nitrogens with two attached hydrogens (primary N) is 2. The first-order chi connectivity index (χ1) is 15.4. The Balaban J connectivity index is 0.000000155. The quantitative estimate of drug-likeness (QED) is 0.475. The molecular weight excluding hydrogens is 430 g/mol. The molecule has 0 radical (unpaired) electrons. The zero-order valence-electron chi connectivity index (χ0n) is 17.9. The highest BCUT2D eigenvalue weighted by Crippen LogP contribution is 2.36. The van der Waals surface area contributed by atoms with Gasteiger partial charge in [0.15, 0.2) is 0 Å². The topological polar surface area (TPSA) is 139 Å². The van der Waals surface area contributed by atoms with Crippen LogP contribution in [0.15, 0.2) is 39.8 Å². The van der Waals surface area contributed by atoms with E-state index in [0.29, 0.717) is 34.3 Å². The first-order valence-electron chi connectivity index (χ1n) is 10.5. The lowest BCUT2D eigenvalue weighted by Gasteiger charge is -2.12. The summed E-state index contributed by atoms with van der Waals surface area (Å²) in [5.74, 6) is 1.23. The van der Waals surface area contributed by atoms with Gasteiger partial charge in [-0.25, -0.2) is 9.97 Å². The first-order valence-corrected chi connectivity index (χ1v) is 10.8. The van der Waals surface area contributed by atoms with Gasteiger partial charge in [-0.05, 0) is 36.8 Å². The highest BCUT2D eigenvalue weighted by molar-refractivity contribution is 6.35. The second-order valence-corrected chi connectivity index (χ2v) is 7.88. The predicted molar refractivity (Wildman–Crippen MR) is 124 cm³/mol. The third-order valence-electron chi connectivity index (χ3n) is 5.27. The van der Waals surface area contributed by atoms with Gasteiger partial charge in [-0.1, -0.05) is 37.6 Å². The van der Waals surface area contributed by atoms with Crippen LogP contribution in [0.25, 0.3) is 22.2 Å². The van der Waals surface area contributed by atoms with Crippen LogP contribution >= 0.6 is 11.6 Å². The molecule has 10 heteroatoms. The van der Waals surface area contributed by atoms with E-state index in [0.717, 1.165) is 30.3 Å². The summed E-state index contributed by atoms with van der Waals surface area (Å²) in [4.78, 5) is 20.1. The Hall–Kier alpha value is -3.46. The number of pyridine rings is 1. The summed E-state index contributed by atoms with van der Waals surface area (Å²) >= 11 is 6.14. The van der Waals surface area contributed by atoms with E-state index in [1.54, 1.807) is 6.07 Å². The Morgan fingerprint density at radius 3 is 2.44 bits per heavy atom. The molecule has 4 aromatic rings. The summed E-state index contributed by atoms with van der Waals surface area (Å²) in [6.45, 7) is 4.00. The van der Waals surface area contributed by atoms with Gasteiger partial charge in [0.25, 0.3) is 11.4 Å². The lowest BCUT2D eigenvalue weighted by molar-refractivity contribution is 0.513. The van der Waals surface area contributed by atoms with Crippen LogP contribution in [0.2, 0.25) is 5.02 Å². The molecule has 3 heterocycles. The maximum atomic E-state index is 12.5. The molecule has 0 bridgehead atoms. The number of fused-ring (bicyclic) bond motifs is 1. The SMILES string of the molecule is CCc1cc2cccc(Cl)c2c(=O)n1C1CC1.CCc1nnc(-c2c(N)ncnc2N)o1. The number of aromatic nitrogens is 5. The number of hydrogen-bond donors (Lipinski definition) is 2. The van der Waals surface area contributed by atoms with Crippen molar-refractivity contribution < 1.29 is 4.42 Å². The molecule has 1 saturated carbocycles. The second kappa shape index (κ2) is 8.96. The molecule has 9 nitrogen and oxygen atoms in total. The number of rotatable bonds is 4. The van der Waals surface area contributed by atoms with Gasteiger partial charge in [-0.15, -0.1) is 10.2 Å². The third kappa shape index (κ3) is 4.16. The first kappa shape index (κ1) is 21.8. The van der Waals surface area contributed by atoms with Gasteiger partial charge < -0.3 is 20.5 Å². The Labute approximate surface area is 189 Å². The van der Waals surface area contributed by atoms with Gasteiger partial charge in [0.1, 0.15) is 23.5 Å². The van der Waals surface area contributed by atoms with Crippen LogP contribution in [-0.2, 0) is 12.8 Å². The minimum absolute atomic E-state index is 0.0763. The maximum Gasteiger partial charge on any atom is 0.260 e. The smallest absolute Gasteiger partial charge is 0.260 e. The average molecular weight is 454 g/mol. The van der Waals surface area contributed by atoms with E-state index in [1.165, 1.54) is 6.33 Å². The number of aryl methyl sites for hydroxylation is 2. The molecule has 166 valence electrons. The normalized spacial score (nSPS) is 13.1. The molecule has 0 unspecified atom stereocenters. The summed E-state index contributed by atoms with van der Waals surface area (Å²) in [5, 5.41) is 9.81. The van der Waals surface area contributed by atoms with E-state index in [9.17, 15) is 4.79 Å². The zero-order chi connectivity index (χ0) is 22.8. The number of halogens is 1. The van der Waals surface area contributed by atoms with Crippen LogP contribution in [0, 0.1) is 0 Å². The van der Waals surface area contributed by atoms with Crippen molar-refractivity contribution in [1.82, 2.24) is 24.7 Å². The van der Waals surface area contributed by atoms with Crippen molar-refractivity contribution in [3.05, 3.63) is 57.6 Å². The van der Waals surface area contributed by atoms with Crippen molar-refractivity contribution in [3.63, 3.8) is 0 Å². The number of nitrogens with zero attached hydrogens (tertiary/aromatic N) is 5. The summed E-state index contributed by atoms with van der Waals surface area (Å²) in [6.07, 6.45) is 5.05. The molecule has 1 aliphatic carbocycles. The van der Waals surface area contributed by atoms with E-state index in [1.807, 2.05) is 23.6 Å². The number of nitrogen functional groups attached to an aromatic ring is 2. The van der Waals surface area contributed by atoms with Crippen molar-refractivity contribution in [1.29, 1.82) is 0 Å². The highest BCUT2D eigenvalue weighted by atomic mass is 35.5. The molecule has 5 rings (SSSR count). The van der Waals surface area contributed by atoms with Crippen molar-refractivity contribution in [2.24, 2.45) is 0 Å². The van der Waals surface area contributed by atoms with Gasteiger partial charge in [-0.2, -0.15) is 0 Å². The van der Waals surface area contributed by atoms with E-state index in [-0.39, 0.29) is 23.1 Å². The molecule has 0 spiro atoms. The van der Waals surface area contributed by atoms with E-state index in [4.69, 9.17) is 27.5 Å². The van der Waals surface area contributed by atoms with Gasteiger partial charge in [0.05, 0.1) is 10.4 Å². The number of anilines is 2. The average Bonchev–Trinajstić information content (AvgIpc) is 3.50. The Morgan fingerprint density at radius 1 is 1.12 bits per heavy atom. The number of hydrogen-bond acceptors (Lipinski definition) is 8. The highest BCUT2D eigenvalue weighted by Gasteiger charge is 2.27. The van der Waals surface area contributed by atoms with Gasteiger partial charge in [0.2, 0.25) is 5.89 Å². The fourth-order valence-corrected chi connectivity index (χ4v) is 3.79. The monoisotopic (exact) mass is 453 g/mol. The van der Waals surface area contributed by atoms with Crippen LogP contribution in [0.1, 0.15) is 44.3 Å². The van der Waals surface area contributed by atoms with Crippen molar-refractivity contribution in [3.8, 4) is 11.5 Å². The Morgan fingerprint density at radius 2 is 1.84 bits per heavy atom. The molecule has 3 aromatic heterocycles. The van der Waals surface area contributed by atoms with Crippen LogP contribution in [0.5, 0.6) is 0 Å². The molecule has 32 heavy (non-hydrogen) atoms. The van der Waals surface area contributed by atoms with Crippen molar-refractivity contribution in [2.45, 2.75) is 45.6 Å². The summed E-state index contributed by atoms with van der Waals surface area (Å²) in [7, 11) is 0. The lowest BCUT2D eigenvalue weighted by atomic mass is 10.1. The van der Waals surface area contributed by atoms with Crippen LogP contribution in [0.4, 0.5) is 11.6 Å². The number of benzene rings is 1. The summed E-state index contributed by atoms with van der Waals surface area (Å²) in [5.41, 5.74) is 12.9. The molecular formula is C22H24ClN7O2. The zero-order valence-corrected chi connectivity index (χ0v) is 18.6. The predicted octanol–water partition coefficient (Wildman–Crippen LogP) is 3.81. The molecule has 0 atom stereocenters. The summed E-state index contributed by atoms with van der Waals surface area (Å²) < 4.78 is 7.26. The standard InChI is InChI=1S/C14H14ClNO.C8H10N6O/c1-2-10-8-9-4-3-5-12(15)13(9)14(17)16(10)11-6-7-11;1-2-4-13-14-8(15-4)5-6(9)11-3-12-7(5)10/h3-5,8,11H,2,6-7H2,1H3;3H,2H2,1H3,(H4,9,10,11,12). The fraction of sp³-hybridized carbons (Fsp3) is 0.318. The van der Waals surface area contributed by atoms with Gasteiger partial charge in [-0.3, -0.25) is 4.79 Å². The largest absolute Gasteiger partial charge is 0.420 e. The summed E-state index contributed by atoms with van der Waals surface area (Å²) in [6, 6.07) is 8.14. The molecule has 1 aliphatic rings. The molecule has 0 saturated heterocycles. The van der Waals surface area contributed by atoms with Crippen LogP contribution in [-0.4, -0.2) is 24.7 Å². The molecule has 0 aliphatic heterocycles. The Kier molecular flexibility index (Phi) is 6.09. The van der Waals surface area contributed by atoms with Gasteiger partial charge >= 0.3 is 0 Å². The van der Waals surface area contributed by atoms with Gasteiger partial charge in [0, 0.05) is 18.2 Å².